The van der Waals surface area contributed by atoms with Gasteiger partial charge in [0.05, 0.1) is 14.2 Å². The fourth-order valence-corrected chi connectivity index (χ4v) is 12.4. The second-order valence-electron chi connectivity index (χ2n) is 17.2. The van der Waals surface area contributed by atoms with Gasteiger partial charge in [-0.1, -0.05) is 88.7 Å². The molecule has 0 bridgehead atoms. The second-order valence-corrected chi connectivity index (χ2v) is 17.2. The van der Waals surface area contributed by atoms with Gasteiger partial charge in [0.2, 0.25) is 0 Å². The van der Waals surface area contributed by atoms with Crippen molar-refractivity contribution in [3.8, 4) is 11.5 Å². The van der Waals surface area contributed by atoms with Crippen LogP contribution in [-0.2, 0) is 10.3 Å². The molecule has 9 atom stereocenters. The molecular formula is C46H62O3. The van der Waals surface area contributed by atoms with Crippen molar-refractivity contribution in [1.29, 1.82) is 0 Å². The number of ether oxygens (including phenoxy) is 3. The molecule has 4 aliphatic rings. The van der Waals surface area contributed by atoms with Gasteiger partial charge in [-0.15, -0.1) is 0 Å². The van der Waals surface area contributed by atoms with E-state index in [1.807, 2.05) is 0 Å². The topological polar surface area (TPSA) is 27.7 Å². The highest BCUT2D eigenvalue weighted by atomic mass is 16.5. The van der Waals surface area contributed by atoms with Gasteiger partial charge in [-0.05, 0) is 157 Å². The zero-order valence-corrected chi connectivity index (χ0v) is 31.3. The number of benzene rings is 3. The van der Waals surface area contributed by atoms with E-state index in [0.29, 0.717) is 23.4 Å². The largest absolute Gasteiger partial charge is 0.497 e. The standard InChI is InChI=1S/C46H62O3/c1-32-26-28-44(3)37(31-32)18-23-40-42-25-24-41(45(42,4)29-27-43(40)44)33(2)11-10-30-49-46(34-12-8-7-9-13-34,35-14-19-38(47-5)20-15-35)36-16-21-39(48-6)22-17-36/h7-9,12-17,19-22,32-33,37,40-43H,10-11,18,23-31H2,1-6H3/t32-,33-,37-,40+,41-,42+,43?,44+,45-/m1/s1. The van der Waals surface area contributed by atoms with Gasteiger partial charge in [0, 0.05) is 6.61 Å². The Morgan fingerprint density at radius 3 is 1.92 bits per heavy atom. The lowest BCUT2D eigenvalue weighted by molar-refractivity contribution is -0.120. The number of methoxy groups -OCH3 is 2. The first-order valence-corrected chi connectivity index (χ1v) is 19.7. The van der Waals surface area contributed by atoms with Crippen molar-refractivity contribution in [3.05, 3.63) is 95.6 Å². The van der Waals surface area contributed by atoms with Crippen molar-refractivity contribution in [1.82, 2.24) is 0 Å². The minimum atomic E-state index is -0.738. The lowest BCUT2D eigenvalue weighted by Crippen LogP contribution is -2.53. The molecule has 0 amide bonds. The average Bonchev–Trinajstić information content (AvgIpc) is 3.50. The van der Waals surface area contributed by atoms with E-state index in [9.17, 15) is 0 Å². The molecule has 0 saturated heterocycles. The summed E-state index contributed by atoms with van der Waals surface area (Å²) in [5.41, 5.74) is 3.73. The van der Waals surface area contributed by atoms with Gasteiger partial charge in [0.15, 0.2) is 0 Å². The molecule has 4 aliphatic carbocycles. The first-order chi connectivity index (χ1) is 23.7. The maximum atomic E-state index is 7.24. The molecule has 3 aromatic rings. The van der Waals surface area contributed by atoms with Gasteiger partial charge >= 0.3 is 0 Å². The van der Waals surface area contributed by atoms with Gasteiger partial charge in [0.1, 0.15) is 17.1 Å². The minimum Gasteiger partial charge on any atom is -0.497 e. The molecule has 3 aromatic carbocycles. The summed E-state index contributed by atoms with van der Waals surface area (Å²) in [5.74, 6) is 8.04. The zero-order valence-electron chi connectivity index (χ0n) is 31.3. The van der Waals surface area contributed by atoms with E-state index in [-0.39, 0.29) is 0 Å². The van der Waals surface area contributed by atoms with Crippen molar-refractivity contribution in [3.63, 3.8) is 0 Å². The van der Waals surface area contributed by atoms with Gasteiger partial charge in [0.25, 0.3) is 0 Å². The summed E-state index contributed by atoms with van der Waals surface area (Å²) in [7, 11) is 3.45. The number of hydrogen-bond donors (Lipinski definition) is 0. The Balaban J connectivity index is 1.07. The summed E-state index contributed by atoms with van der Waals surface area (Å²) >= 11 is 0. The first kappa shape index (κ1) is 34.7. The lowest BCUT2D eigenvalue weighted by Gasteiger charge is -2.61. The van der Waals surface area contributed by atoms with Crippen LogP contribution in [0.1, 0.15) is 115 Å². The average molecular weight is 663 g/mol. The minimum absolute atomic E-state index is 0.507. The van der Waals surface area contributed by atoms with Crippen LogP contribution in [0.4, 0.5) is 0 Å². The molecule has 0 spiro atoms. The van der Waals surface area contributed by atoms with Gasteiger partial charge in [-0.3, -0.25) is 0 Å². The van der Waals surface area contributed by atoms with Crippen molar-refractivity contribution in [2.75, 3.05) is 20.8 Å². The third-order valence-electron chi connectivity index (χ3n) is 15.0. The Kier molecular flexibility index (Phi) is 9.97. The van der Waals surface area contributed by atoms with Crippen LogP contribution in [0.25, 0.3) is 0 Å². The highest BCUT2D eigenvalue weighted by molar-refractivity contribution is 5.49. The highest BCUT2D eigenvalue weighted by Crippen LogP contribution is 2.68. The van der Waals surface area contributed by atoms with Crippen LogP contribution in [-0.4, -0.2) is 20.8 Å². The molecule has 49 heavy (non-hydrogen) atoms. The molecule has 0 radical (unpaired) electrons. The Morgan fingerprint density at radius 2 is 1.29 bits per heavy atom. The van der Waals surface area contributed by atoms with E-state index in [4.69, 9.17) is 14.2 Å². The maximum absolute atomic E-state index is 7.24. The van der Waals surface area contributed by atoms with Crippen molar-refractivity contribution < 1.29 is 14.2 Å². The van der Waals surface area contributed by atoms with E-state index in [0.717, 1.165) is 70.1 Å². The van der Waals surface area contributed by atoms with Crippen molar-refractivity contribution in [2.24, 2.45) is 52.3 Å². The van der Waals surface area contributed by atoms with E-state index < -0.39 is 5.60 Å². The molecule has 0 aliphatic heterocycles. The highest BCUT2D eigenvalue weighted by Gasteiger charge is 2.60. The van der Waals surface area contributed by atoms with Gasteiger partial charge in [-0.25, -0.2) is 0 Å². The Hall–Kier alpha value is -2.78. The van der Waals surface area contributed by atoms with Crippen LogP contribution in [0.3, 0.4) is 0 Å². The molecular weight excluding hydrogens is 601 g/mol. The van der Waals surface area contributed by atoms with Gasteiger partial charge in [-0.2, -0.15) is 0 Å². The molecule has 1 unspecified atom stereocenters. The van der Waals surface area contributed by atoms with Crippen LogP contribution < -0.4 is 9.47 Å². The SMILES string of the molecule is COc1ccc(C(OCCC[C@@H](C)[C@H]2CC[C@H]3[C@@H]4CC[C@@H]5C[C@H](C)CC[C@]5(C)C4CC[C@]23C)(c2ccccc2)c2ccc(OC)cc2)cc1. The third kappa shape index (κ3) is 6.15. The Morgan fingerprint density at radius 1 is 0.694 bits per heavy atom. The molecule has 7 rings (SSSR count). The third-order valence-corrected chi connectivity index (χ3v) is 15.0. The second kappa shape index (κ2) is 14.1. The van der Waals surface area contributed by atoms with Crippen LogP contribution in [0.5, 0.6) is 11.5 Å². The van der Waals surface area contributed by atoms with E-state index in [2.05, 4.69) is 107 Å². The van der Waals surface area contributed by atoms with E-state index >= 15 is 0 Å². The summed E-state index contributed by atoms with van der Waals surface area (Å²) in [5, 5.41) is 0. The number of hydrogen-bond acceptors (Lipinski definition) is 3. The first-order valence-electron chi connectivity index (χ1n) is 19.7. The van der Waals surface area contributed by atoms with Crippen LogP contribution >= 0.6 is 0 Å². The maximum Gasteiger partial charge on any atom is 0.143 e. The Bertz CT molecular complexity index is 1470. The lowest BCUT2D eigenvalue weighted by atomic mass is 9.44. The molecule has 4 fully saturated rings. The molecule has 0 heterocycles. The predicted octanol–water partition coefficient (Wildman–Crippen LogP) is 11.7. The number of fused-ring (bicyclic) bond motifs is 5. The fourth-order valence-electron chi connectivity index (χ4n) is 12.4. The van der Waals surface area contributed by atoms with Crippen LogP contribution in [0.2, 0.25) is 0 Å². The molecule has 4 saturated carbocycles. The smallest absolute Gasteiger partial charge is 0.143 e. The quantitative estimate of drug-likeness (QED) is 0.151. The van der Waals surface area contributed by atoms with E-state index in [1.165, 1.54) is 64.2 Å². The normalized spacial score (nSPS) is 33.2. The summed E-state index contributed by atoms with van der Waals surface area (Å²) in [6, 6.07) is 27.6. The van der Waals surface area contributed by atoms with Crippen molar-refractivity contribution >= 4 is 0 Å². The van der Waals surface area contributed by atoms with Gasteiger partial charge < -0.3 is 14.2 Å². The fraction of sp³-hybridized carbons (Fsp3) is 0.609. The summed E-state index contributed by atoms with van der Waals surface area (Å²) in [4.78, 5) is 0. The molecule has 0 aromatic heterocycles. The number of rotatable bonds is 11. The predicted molar refractivity (Wildman–Crippen MR) is 201 cm³/mol. The molecule has 3 heteroatoms. The van der Waals surface area contributed by atoms with Crippen LogP contribution in [0, 0.1) is 52.3 Å². The molecule has 0 N–H and O–H groups in total. The zero-order chi connectivity index (χ0) is 34.2. The van der Waals surface area contributed by atoms with Crippen molar-refractivity contribution in [2.45, 2.75) is 104 Å². The molecule has 264 valence electrons. The van der Waals surface area contributed by atoms with Crippen LogP contribution in [0.15, 0.2) is 78.9 Å². The summed E-state index contributed by atoms with van der Waals surface area (Å²) in [6.45, 7) is 11.2. The summed E-state index contributed by atoms with van der Waals surface area (Å²) in [6.07, 6.45) is 15.5. The van der Waals surface area contributed by atoms with E-state index in [1.54, 1.807) is 14.2 Å². The monoisotopic (exact) mass is 662 g/mol. The molecule has 3 nitrogen and oxygen atoms in total. The summed E-state index contributed by atoms with van der Waals surface area (Å²) < 4.78 is 18.3. The Labute approximate surface area is 297 Å².